The Morgan fingerprint density at radius 1 is 1.00 bits per heavy atom. The van der Waals surface area contributed by atoms with Crippen LogP contribution in [0.15, 0.2) is 36.4 Å². The summed E-state index contributed by atoms with van der Waals surface area (Å²) >= 11 is 2.32. The monoisotopic (exact) mass is 320 g/mol. The van der Waals surface area contributed by atoms with Crippen molar-refractivity contribution in [2.75, 3.05) is 5.43 Å². The molecule has 0 heterocycles. The molecule has 0 fully saturated rings. The van der Waals surface area contributed by atoms with E-state index in [0.717, 1.165) is 11.1 Å². The Hall–Kier alpha value is -0.520. The van der Waals surface area contributed by atoms with Gasteiger partial charge in [-0.1, -0.05) is 24.3 Å². The molecule has 0 aliphatic carbocycles. The standard InChI is InChI=1S/C10H9IN2.ClH/c11-9-5-6-10(13-12)8-4-2-1-3-7(8)9;/h1-6,13H,12H2;1H. The number of nitrogens with one attached hydrogen (secondary N) is 1. The van der Waals surface area contributed by atoms with Crippen LogP contribution in [-0.2, 0) is 0 Å². The minimum absolute atomic E-state index is 0. The summed E-state index contributed by atoms with van der Waals surface area (Å²) in [7, 11) is 0. The molecule has 4 heteroatoms. The van der Waals surface area contributed by atoms with Gasteiger partial charge in [-0.2, -0.15) is 0 Å². The van der Waals surface area contributed by atoms with E-state index in [9.17, 15) is 0 Å². The van der Waals surface area contributed by atoms with Crippen LogP contribution in [0.25, 0.3) is 10.8 Å². The van der Waals surface area contributed by atoms with E-state index >= 15 is 0 Å². The zero-order chi connectivity index (χ0) is 9.26. The summed E-state index contributed by atoms with van der Waals surface area (Å²) in [5.41, 5.74) is 3.66. The van der Waals surface area contributed by atoms with Crippen LogP contribution in [-0.4, -0.2) is 0 Å². The number of halogens is 2. The van der Waals surface area contributed by atoms with Gasteiger partial charge in [-0.05, 0) is 40.1 Å². The van der Waals surface area contributed by atoms with Gasteiger partial charge >= 0.3 is 0 Å². The van der Waals surface area contributed by atoms with Gasteiger partial charge in [-0.15, -0.1) is 12.4 Å². The highest BCUT2D eigenvalue weighted by Crippen LogP contribution is 2.26. The third-order valence-corrected chi connectivity index (χ3v) is 2.97. The van der Waals surface area contributed by atoms with E-state index in [0.29, 0.717) is 0 Å². The highest BCUT2D eigenvalue weighted by Gasteiger charge is 2.01. The van der Waals surface area contributed by atoms with E-state index in [4.69, 9.17) is 5.84 Å². The highest BCUT2D eigenvalue weighted by atomic mass is 127. The van der Waals surface area contributed by atoms with Crippen molar-refractivity contribution in [3.05, 3.63) is 40.0 Å². The zero-order valence-electron chi connectivity index (χ0n) is 7.33. The number of hydrogen-bond acceptors (Lipinski definition) is 2. The molecule has 0 aliphatic rings. The van der Waals surface area contributed by atoms with Crippen LogP contribution < -0.4 is 11.3 Å². The fourth-order valence-electron chi connectivity index (χ4n) is 1.39. The molecule has 74 valence electrons. The predicted octanol–water partition coefficient (Wildman–Crippen LogP) is 3.15. The van der Waals surface area contributed by atoms with Gasteiger partial charge in [-0.25, -0.2) is 0 Å². The van der Waals surface area contributed by atoms with Gasteiger partial charge in [0.1, 0.15) is 0 Å². The third-order valence-electron chi connectivity index (χ3n) is 2.03. The Balaban J connectivity index is 0.000000980. The first-order chi connectivity index (χ1) is 6.33. The molecule has 0 saturated heterocycles. The average molecular weight is 321 g/mol. The van der Waals surface area contributed by atoms with Crippen molar-refractivity contribution in [2.45, 2.75) is 0 Å². The molecular formula is C10H10ClIN2. The van der Waals surface area contributed by atoms with E-state index in [-0.39, 0.29) is 12.4 Å². The van der Waals surface area contributed by atoms with Gasteiger partial charge in [0, 0.05) is 8.96 Å². The van der Waals surface area contributed by atoms with Crippen LogP contribution in [0.5, 0.6) is 0 Å². The Morgan fingerprint density at radius 3 is 2.29 bits per heavy atom. The Kier molecular flexibility index (Phi) is 3.97. The number of nitrogen functional groups attached to an aromatic ring is 1. The van der Waals surface area contributed by atoms with Crippen LogP contribution >= 0.6 is 35.0 Å². The maximum Gasteiger partial charge on any atom is 0.0564 e. The van der Waals surface area contributed by atoms with Crippen molar-refractivity contribution >= 4 is 51.5 Å². The summed E-state index contributed by atoms with van der Waals surface area (Å²) in [5, 5.41) is 2.40. The van der Waals surface area contributed by atoms with Crippen molar-refractivity contribution in [1.29, 1.82) is 0 Å². The molecule has 0 bridgehead atoms. The number of anilines is 1. The smallest absolute Gasteiger partial charge is 0.0564 e. The molecule has 2 nitrogen and oxygen atoms in total. The van der Waals surface area contributed by atoms with E-state index in [1.807, 2.05) is 18.2 Å². The van der Waals surface area contributed by atoms with Crippen LogP contribution in [0.4, 0.5) is 5.69 Å². The van der Waals surface area contributed by atoms with Gasteiger partial charge in [0.2, 0.25) is 0 Å². The van der Waals surface area contributed by atoms with Crippen LogP contribution in [0.1, 0.15) is 0 Å². The summed E-state index contributed by atoms with van der Waals surface area (Å²) < 4.78 is 1.24. The van der Waals surface area contributed by atoms with Crippen LogP contribution in [0.3, 0.4) is 0 Å². The minimum atomic E-state index is 0. The largest absolute Gasteiger partial charge is 0.324 e. The summed E-state index contributed by atoms with van der Waals surface area (Å²) in [6.45, 7) is 0. The summed E-state index contributed by atoms with van der Waals surface area (Å²) in [6, 6.07) is 12.2. The van der Waals surface area contributed by atoms with Gasteiger partial charge in [0.05, 0.1) is 5.69 Å². The molecule has 0 aromatic heterocycles. The highest BCUT2D eigenvalue weighted by molar-refractivity contribution is 14.1. The Bertz CT molecular complexity index is 445. The molecule has 0 saturated carbocycles. The topological polar surface area (TPSA) is 38.0 Å². The second-order valence-electron chi connectivity index (χ2n) is 2.78. The normalized spacial score (nSPS) is 9.57. The van der Waals surface area contributed by atoms with Crippen LogP contribution in [0.2, 0.25) is 0 Å². The van der Waals surface area contributed by atoms with Crippen molar-refractivity contribution in [3.63, 3.8) is 0 Å². The number of fused-ring (bicyclic) bond motifs is 1. The molecule has 2 aromatic rings. The molecule has 14 heavy (non-hydrogen) atoms. The lowest BCUT2D eigenvalue weighted by molar-refractivity contribution is 1.37. The second kappa shape index (κ2) is 4.82. The van der Waals surface area contributed by atoms with Gasteiger partial charge in [0.15, 0.2) is 0 Å². The van der Waals surface area contributed by atoms with Crippen LogP contribution in [0, 0.1) is 3.57 Å². The Morgan fingerprint density at radius 2 is 1.64 bits per heavy atom. The first kappa shape index (κ1) is 11.6. The van der Waals surface area contributed by atoms with E-state index < -0.39 is 0 Å². The van der Waals surface area contributed by atoms with Crippen molar-refractivity contribution in [3.8, 4) is 0 Å². The van der Waals surface area contributed by atoms with Gasteiger partial charge in [0.25, 0.3) is 0 Å². The van der Waals surface area contributed by atoms with E-state index in [1.165, 1.54) is 8.96 Å². The summed E-state index contributed by atoms with van der Waals surface area (Å²) in [5.74, 6) is 5.41. The molecular weight excluding hydrogens is 310 g/mol. The number of nitrogens with two attached hydrogens (primary N) is 1. The second-order valence-corrected chi connectivity index (χ2v) is 3.95. The predicted molar refractivity (Wildman–Crippen MR) is 71.7 cm³/mol. The van der Waals surface area contributed by atoms with Gasteiger partial charge in [-0.3, -0.25) is 5.84 Å². The summed E-state index contributed by atoms with van der Waals surface area (Å²) in [4.78, 5) is 0. The molecule has 0 spiro atoms. The first-order valence-corrected chi connectivity index (χ1v) is 5.04. The number of hydrogen-bond donors (Lipinski definition) is 2. The Labute approximate surface area is 102 Å². The van der Waals surface area contributed by atoms with Gasteiger partial charge < -0.3 is 5.43 Å². The molecule has 0 atom stereocenters. The van der Waals surface area contributed by atoms with Crippen molar-refractivity contribution < 1.29 is 0 Å². The lowest BCUT2D eigenvalue weighted by Gasteiger charge is -2.06. The van der Waals surface area contributed by atoms with Crippen molar-refractivity contribution in [2.24, 2.45) is 5.84 Å². The lowest BCUT2D eigenvalue weighted by Crippen LogP contribution is -2.07. The molecule has 2 aromatic carbocycles. The summed E-state index contributed by atoms with van der Waals surface area (Å²) in [6.07, 6.45) is 0. The number of hydrazine groups is 1. The number of rotatable bonds is 1. The average Bonchev–Trinajstić information content (AvgIpc) is 2.19. The number of benzene rings is 2. The molecule has 0 amide bonds. The molecule has 0 unspecified atom stereocenters. The lowest BCUT2D eigenvalue weighted by atomic mass is 10.1. The van der Waals surface area contributed by atoms with Crippen molar-refractivity contribution in [1.82, 2.24) is 0 Å². The maximum atomic E-state index is 5.41. The third kappa shape index (κ3) is 1.94. The maximum absolute atomic E-state index is 5.41. The molecule has 0 radical (unpaired) electrons. The molecule has 2 rings (SSSR count). The van der Waals surface area contributed by atoms with E-state index in [2.05, 4.69) is 46.2 Å². The molecule has 0 aliphatic heterocycles. The zero-order valence-corrected chi connectivity index (χ0v) is 10.3. The van der Waals surface area contributed by atoms with E-state index in [1.54, 1.807) is 0 Å². The molecule has 3 N–H and O–H groups in total. The minimum Gasteiger partial charge on any atom is -0.324 e. The quantitative estimate of drug-likeness (QED) is 0.481. The fraction of sp³-hybridized carbons (Fsp3) is 0. The fourth-order valence-corrected chi connectivity index (χ4v) is 2.04. The first-order valence-electron chi connectivity index (χ1n) is 3.97. The SMILES string of the molecule is Cl.NNc1ccc(I)c2ccccc12.